The first-order valence-electron chi connectivity index (χ1n) is 7.41. The lowest BCUT2D eigenvalue weighted by Crippen LogP contribution is -2.02. The molecule has 0 radical (unpaired) electrons. The maximum Gasteiger partial charge on any atom is 0.0314 e. The van der Waals surface area contributed by atoms with Gasteiger partial charge in [0.1, 0.15) is 0 Å². The molecular formula is C18H24N2. The fourth-order valence-electron chi connectivity index (χ4n) is 2.58. The summed E-state index contributed by atoms with van der Waals surface area (Å²) in [5.74, 6) is 0.433. The molecule has 0 aliphatic carbocycles. The van der Waals surface area contributed by atoms with Gasteiger partial charge < -0.3 is 11.5 Å². The van der Waals surface area contributed by atoms with Crippen LogP contribution >= 0.6 is 0 Å². The molecule has 0 heterocycles. The number of benzene rings is 2. The van der Waals surface area contributed by atoms with E-state index >= 15 is 0 Å². The van der Waals surface area contributed by atoms with Gasteiger partial charge in [0, 0.05) is 17.3 Å². The van der Waals surface area contributed by atoms with Crippen molar-refractivity contribution in [3.63, 3.8) is 0 Å². The summed E-state index contributed by atoms with van der Waals surface area (Å²) in [5.41, 5.74) is 15.9. The van der Waals surface area contributed by atoms with E-state index < -0.39 is 0 Å². The van der Waals surface area contributed by atoms with Crippen LogP contribution in [-0.2, 0) is 0 Å². The van der Waals surface area contributed by atoms with Crippen molar-refractivity contribution in [3.05, 3.63) is 59.7 Å². The lowest BCUT2D eigenvalue weighted by atomic mass is 9.86. The molecule has 4 N–H and O–H groups in total. The highest BCUT2D eigenvalue weighted by Crippen LogP contribution is 2.31. The highest BCUT2D eigenvalue weighted by Gasteiger charge is 2.13. The zero-order valence-electron chi connectivity index (χ0n) is 12.2. The van der Waals surface area contributed by atoms with Gasteiger partial charge in [-0.3, -0.25) is 0 Å². The van der Waals surface area contributed by atoms with Gasteiger partial charge in [0.25, 0.3) is 0 Å². The Kier molecular flexibility index (Phi) is 5.05. The van der Waals surface area contributed by atoms with Crippen LogP contribution in [0, 0.1) is 0 Å². The third-order valence-corrected chi connectivity index (χ3v) is 3.77. The fraction of sp³-hybridized carbons (Fsp3) is 0.333. The van der Waals surface area contributed by atoms with Crippen molar-refractivity contribution in [2.45, 2.75) is 38.5 Å². The largest absolute Gasteiger partial charge is 0.399 e. The van der Waals surface area contributed by atoms with Crippen molar-refractivity contribution < 1.29 is 0 Å². The molecule has 106 valence electrons. The Bertz CT molecular complexity index is 469. The average molecular weight is 268 g/mol. The molecule has 0 unspecified atom stereocenters. The Morgan fingerprint density at radius 2 is 1.20 bits per heavy atom. The highest BCUT2D eigenvalue weighted by molar-refractivity contribution is 5.45. The van der Waals surface area contributed by atoms with Crippen LogP contribution in [0.3, 0.4) is 0 Å². The number of anilines is 2. The molecule has 2 aromatic rings. The second kappa shape index (κ2) is 6.99. The first-order chi connectivity index (χ1) is 9.70. The van der Waals surface area contributed by atoms with Crippen LogP contribution in [0.5, 0.6) is 0 Å². The summed E-state index contributed by atoms with van der Waals surface area (Å²) in [7, 11) is 0. The van der Waals surface area contributed by atoms with Crippen LogP contribution in [0.25, 0.3) is 0 Å². The first kappa shape index (κ1) is 14.4. The molecule has 0 spiro atoms. The number of hydrogen-bond acceptors (Lipinski definition) is 2. The van der Waals surface area contributed by atoms with Crippen molar-refractivity contribution in [3.8, 4) is 0 Å². The molecular weight excluding hydrogens is 244 g/mol. The normalized spacial score (nSPS) is 10.9. The summed E-state index contributed by atoms with van der Waals surface area (Å²) >= 11 is 0. The SMILES string of the molecule is CCCCCC(c1ccc(N)cc1)c1ccc(N)cc1. The van der Waals surface area contributed by atoms with E-state index in [-0.39, 0.29) is 0 Å². The summed E-state index contributed by atoms with van der Waals surface area (Å²) in [6.45, 7) is 2.24. The molecule has 2 nitrogen and oxygen atoms in total. The molecule has 20 heavy (non-hydrogen) atoms. The molecule has 0 saturated carbocycles. The second-order valence-electron chi connectivity index (χ2n) is 5.38. The van der Waals surface area contributed by atoms with Crippen LogP contribution < -0.4 is 11.5 Å². The second-order valence-corrected chi connectivity index (χ2v) is 5.38. The van der Waals surface area contributed by atoms with Crippen LogP contribution in [-0.4, -0.2) is 0 Å². The predicted octanol–water partition coefficient (Wildman–Crippen LogP) is 4.56. The lowest BCUT2D eigenvalue weighted by Gasteiger charge is -2.18. The Morgan fingerprint density at radius 1 is 0.750 bits per heavy atom. The van der Waals surface area contributed by atoms with E-state index in [1.54, 1.807) is 0 Å². The van der Waals surface area contributed by atoms with Crippen LogP contribution in [0.1, 0.15) is 49.7 Å². The average Bonchev–Trinajstić information content (AvgIpc) is 2.46. The minimum atomic E-state index is 0.433. The molecule has 2 aromatic carbocycles. The summed E-state index contributed by atoms with van der Waals surface area (Å²) in [6, 6.07) is 16.5. The van der Waals surface area contributed by atoms with Gasteiger partial charge in [0.15, 0.2) is 0 Å². The van der Waals surface area contributed by atoms with Crippen molar-refractivity contribution in [1.29, 1.82) is 0 Å². The summed E-state index contributed by atoms with van der Waals surface area (Å²) < 4.78 is 0. The van der Waals surface area contributed by atoms with Gasteiger partial charge >= 0.3 is 0 Å². The molecule has 0 aliphatic heterocycles. The highest BCUT2D eigenvalue weighted by atomic mass is 14.5. The summed E-state index contributed by atoms with van der Waals surface area (Å²) in [4.78, 5) is 0. The van der Waals surface area contributed by atoms with Crippen LogP contribution in [0.4, 0.5) is 11.4 Å². The zero-order chi connectivity index (χ0) is 14.4. The predicted molar refractivity (Wildman–Crippen MR) is 87.7 cm³/mol. The maximum atomic E-state index is 5.79. The summed E-state index contributed by atoms with van der Waals surface area (Å²) in [5, 5.41) is 0. The zero-order valence-corrected chi connectivity index (χ0v) is 12.2. The van der Waals surface area contributed by atoms with E-state index in [1.807, 2.05) is 24.3 Å². The molecule has 2 heteroatoms. The molecule has 0 fully saturated rings. The number of nitrogen functional groups attached to an aromatic ring is 2. The standard InChI is InChI=1S/C18H24N2/c1-2-3-4-5-18(14-6-10-16(19)11-7-14)15-8-12-17(20)13-9-15/h6-13,18H,2-5,19-20H2,1H3. The van der Waals surface area contributed by atoms with E-state index in [2.05, 4.69) is 31.2 Å². The molecule has 2 rings (SSSR count). The molecule has 0 aliphatic rings. The molecule has 0 saturated heterocycles. The first-order valence-corrected chi connectivity index (χ1v) is 7.41. The van der Waals surface area contributed by atoms with Gasteiger partial charge in [0.05, 0.1) is 0 Å². The van der Waals surface area contributed by atoms with Gasteiger partial charge in [-0.05, 0) is 41.8 Å². The maximum absolute atomic E-state index is 5.79. The number of rotatable bonds is 6. The molecule has 0 atom stereocenters. The van der Waals surface area contributed by atoms with E-state index in [9.17, 15) is 0 Å². The smallest absolute Gasteiger partial charge is 0.0314 e. The van der Waals surface area contributed by atoms with E-state index in [1.165, 1.54) is 36.8 Å². The number of unbranched alkanes of at least 4 members (excludes halogenated alkanes) is 2. The van der Waals surface area contributed by atoms with Gasteiger partial charge in [0.2, 0.25) is 0 Å². The molecule has 0 aromatic heterocycles. The van der Waals surface area contributed by atoms with Crippen molar-refractivity contribution in [2.24, 2.45) is 0 Å². The Balaban J connectivity index is 2.23. The Hall–Kier alpha value is -1.96. The summed E-state index contributed by atoms with van der Waals surface area (Å²) in [6.07, 6.45) is 4.94. The molecule has 0 amide bonds. The fourth-order valence-corrected chi connectivity index (χ4v) is 2.58. The van der Waals surface area contributed by atoms with Gasteiger partial charge in [-0.2, -0.15) is 0 Å². The quantitative estimate of drug-likeness (QED) is 0.596. The van der Waals surface area contributed by atoms with Crippen molar-refractivity contribution in [1.82, 2.24) is 0 Å². The van der Waals surface area contributed by atoms with E-state index in [0.717, 1.165) is 11.4 Å². The van der Waals surface area contributed by atoms with Crippen LogP contribution in [0.2, 0.25) is 0 Å². The number of hydrogen-bond donors (Lipinski definition) is 2. The van der Waals surface area contributed by atoms with E-state index in [4.69, 9.17) is 11.5 Å². The van der Waals surface area contributed by atoms with Gasteiger partial charge in [-0.25, -0.2) is 0 Å². The van der Waals surface area contributed by atoms with Crippen molar-refractivity contribution in [2.75, 3.05) is 11.5 Å². The lowest BCUT2D eigenvalue weighted by molar-refractivity contribution is 0.618. The Labute approximate surface area is 121 Å². The molecule has 0 bridgehead atoms. The third-order valence-electron chi connectivity index (χ3n) is 3.77. The third kappa shape index (κ3) is 3.77. The van der Waals surface area contributed by atoms with Gasteiger partial charge in [-0.1, -0.05) is 50.5 Å². The monoisotopic (exact) mass is 268 g/mol. The van der Waals surface area contributed by atoms with Gasteiger partial charge in [-0.15, -0.1) is 0 Å². The Morgan fingerprint density at radius 3 is 1.60 bits per heavy atom. The number of nitrogens with two attached hydrogens (primary N) is 2. The minimum absolute atomic E-state index is 0.433. The van der Waals surface area contributed by atoms with Crippen molar-refractivity contribution >= 4 is 11.4 Å². The minimum Gasteiger partial charge on any atom is -0.399 e. The topological polar surface area (TPSA) is 52.0 Å². The van der Waals surface area contributed by atoms with Crippen LogP contribution in [0.15, 0.2) is 48.5 Å². The van der Waals surface area contributed by atoms with E-state index in [0.29, 0.717) is 5.92 Å².